The molecule has 0 saturated carbocycles. The molecule has 0 bridgehead atoms. The molecule has 1 amide bonds. The maximum Gasteiger partial charge on any atom is 0.239 e. The van der Waals surface area contributed by atoms with Gasteiger partial charge in [0, 0.05) is 13.6 Å². The first-order chi connectivity index (χ1) is 9.08. The largest absolute Gasteiger partial charge is 0.340 e. The van der Waals surface area contributed by atoms with Crippen molar-refractivity contribution >= 4 is 5.91 Å². The van der Waals surface area contributed by atoms with E-state index in [1.807, 2.05) is 11.9 Å². The van der Waals surface area contributed by atoms with Gasteiger partial charge in [-0.2, -0.15) is 0 Å². The molecule has 1 fully saturated rings. The van der Waals surface area contributed by atoms with Crippen molar-refractivity contribution in [1.29, 1.82) is 0 Å². The summed E-state index contributed by atoms with van der Waals surface area (Å²) in [6, 6.07) is 6.43. The lowest BCUT2D eigenvalue weighted by atomic mass is 10.0. The van der Waals surface area contributed by atoms with E-state index < -0.39 is 0 Å². The van der Waals surface area contributed by atoms with E-state index in [1.54, 1.807) is 0 Å². The van der Waals surface area contributed by atoms with Crippen molar-refractivity contribution in [2.45, 2.75) is 45.7 Å². The number of likely N-dealkylation sites (N-methyl/N-ethyl adjacent to an activating group) is 1. The van der Waals surface area contributed by atoms with Gasteiger partial charge in [0.15, 0.2) is 0 Å². The molecule has 1 aliphatic heterocycles. The van der Waals surface area contributed by atoms with Crippen LogP contribution >= 0.6 is 0 Å². The van der Waals surface area contributed by atoms with Gasteiger partial charge in [0.1, 0.15) is 0 Å². The fourth-order valence-electron chi connectivity index (χ4n) is 2.63. The van der Waals surface area contributed by atoms with Crippen LogP contribution in [0.15, 0.2) is 18.2 Å². The summed E-state index contributed by atoms with van der Waals surface area (Å²) in [5, 5.41) is 3.32. The van der Waals surface area contributed by atoms with Crippen LogP contribution in [-0.2, 0) is 11.3 Å². The molecule has 1 unspecified atom stereocenters. The average molecular weight is 260 g/mol. The highest BCUT2D eigenvalue weighted by Gasteiger charge is 2.23. The van der Waals surface area contributed by atoms with Crippen molar-refractivity contribution in [1.82, 2.24) is 10.2 Å². The molecule has 3 nitrogen and oxygen atoms in total. The molecule has 0 spiro atoms. The number of hydrogen-bond donors (Lipinski definition) is 1. The van der Waals surface area contributed by atoms with Crippen molar-refractivity contribution in [3.05, 3.63) is 34.9 Å². The molecule has 0 aliphatic carbocycles. The Balaban J connectivity index is 2.01. The number of amides is 1. The normalized spacial score (nSPS) is 19.2. The van der Waals surface area contributed by atoms with Crippen LogP contribution in [-0.4, -0.2) is 30.4 Å². The Morgan fingerprint density at radius 2 is 2.16 bits per heavy atom. The molecule has 1 atom stereocenters. The zero-order valence-corrected chi connectivity index (χ0v) is 12.2. The average Bonchev–Trinajstić information content (AvgIpc) is 2.43. The predicted molar refractivity (Wildman–Crippen MR) is 78.0 cm³/mol. The van der Waals surface area contributed by atoms with E-state index >= 15 is 0 Å². The summed E-state index contributed by atoms with van der Waals surface area (Å²) >= 11 is 0. The molecule has 1 saturated heterocycles. The minimum Gasteiger partial charge on any atom is -0.340 e. The minimum atomic E-state index is 0.0175. The fraction of sp³-hybridized carbons (Fsp3) is 0.562. The zero-order chi connectivity index (χ0) is 13.8. The summed E-state index contributed by atoms with van der Waals surface area (Å²) in [6.07, 6.45) is 3.31. The fourth-order valence-corrected chi connectivity index (χ4v) is 2.63. The molecule has 1 heterocycles. The molecule has 0 radical (unpaired) electrons. The van der Waals surface area contributed by atoms with Gasteiger partial charge in [0.2, 0.25) is 5.91 Å². The lowest BCUT2D eigenvalue weighted by molar-refractivity contribution is -0.133. The molecule has 19 heavy (non-hydrogen) atoms. The van der Waals surface area contributed by atoms with E-state index in [0.29, 0.717) is 6.54 Å². The van der Waals surface area contributed by atoms with Gasteiger partial charge in [-0.1, -0.05) is 30.2 Å². The Bertz CT molecular complexity index is 450. The second-order valence-electron chi connectivity index (χ2n) is 5.63. The third-order valence-electron chi connectivity index (χ3n) is 3.90. The van der Waals surface area contributed by atoms with Crippen molar-refractivity contribution < 1.29 is 4.79 Å². The van der Waals surface area contributed by atoms with Crippen LogP contribution in [0, 0.1) is 13.8 Å². The van der Waals surface area contributed by atoms with E-state index in [0.717, 1.165) is 19.4 Å². The summed E-state index contributed by atoms with van der Waals surface area (Å²) < 4.78 is 0. The van der Waals surface area contributed by atoms with Crippen LogP contribution in [0.5, 0.6) is 0 Å². The second kappa shape index (κ2) is 6.20. The minimum absolute atomic E-state index is 0.0175. The van der Waals surface area contributed by atoms with Crippen LogP contribution in [0.4, 0.5) is 0 Å². The summed E-state index contributed by atoms with van der Waals surface area (Å²) in [7, 11) is 1.90. The van der Waals surface area contributed by atoms with E-state index in [1.165, 1.54) is 23.1 Å². The van der Waals surface area contributed by atoms with Gasteiger partial charge in [-0.25, -0.2) is 0 Å². The Hall–Kier alpha value is -1.35. The van der Waals surface area contributed by atoms with Crippen molar-refractivity contribution in [3.63, 3.8) is 0 Å². The first-order valence-electron chi connectivity index (χ1n) is 7.12. The molecule has 0 aromatic heterocycles. The third-order valence-corrected chi connectivity index (χ3v) is 3.90. The van der Waals surface area contributed by atoms with Gasteiger partial charge in [0.25, 0.3) is 0 Å². The molecule has 3 heteroatoms. The van der Waals surface area contributed by atoms with Crippen LogP contribution in [0.3, 0.4) is 0 Å². The number of benzene rings is 1. The molecule has 1 aromatic rings. The Labute approximate surface area is 116 Å². The standard InChI is InChI=1S/C16H24N2O/c1-12-7-8-13(2)14(10-12)11-18(3)16(19)15-6-4-5-9-17-15/h7-8,10,15,17H,4-6,9,11H2,1-3H3. The van der Waals surface area contributed by atoms with E-state index in [-0.39, 0.29) is 11.9 Å². The van der Waals surface area contributed by atoms with Crippen LogP contribution in [0.2, 0.25) is 0 Å². The maximum atomic E-state index is 12.4. The van der Waals surface area contributed by atoms with E-state index in [2.05, 4.69) is 37.4 Å². The summed E-state index contributed by atoms with van der Waals surface area (Å²) in [4.78, 5) is 14.2. The number of carbonyl (C=O) groups is 1. The predicted octanol–water partition coefficient (Wildman–Crippen LogP) is 2.40. The molecule has 1 aromatic carbocycles. The zero-order valence-electron chi connectivity index (χ0n) is 12.2. The SMILES string of the molecule is Cc1ccc(C)c(CN(C)C(=O)C2CCCCN2)c1. The Kier molecular flexibility index (Phi) is 4.59. The quantitative estimate of drug-likeness (QED) is 0.905. The van der Waals surface area contributed by atoms with E-state index in [4.69, 9.17) is 0 Å². The van der Waals surface area contributed by atoms with Crippen molar-refractivity contribution in [3.8, 4) is 0 Å². The maximum absolute atomic E-state index is 12.4. The Morgan fingerprint density at radius 1 is 1.37 bits per heavy atom. The van der Waals surface area contributed by atoms with Gasteiger partial charge in [-0.05, 0) is 44.4 Å². The molecule has 104 valence electrons. The monoisotopic (exact) mass is 260 g/mol. The smallest absolute Gasteiger partial charge is 0.239 e. The lowest BCUT2D eigenvalue weighted by Gasteiger charge is -2.28. The van der Waals surface area contributed by atoms with Crippen molar-refractivity contribution in [2.75, 3.05) is 13.6 Å². The topological polar surface area (TPSA) is 32.3 Å². The van der Waals surface area contributed by atoms with Crippen LogP contribution in [0.1, 0.15) is 36.0 Å². The van der Waals surface area contributed by atoms with Gasteiger partial charge < -0.3 is 10.2 Å². The van der Waals surface area contributed by atoms with Crippen LogP contribution in [0.25, 0.3) is 0 Å². The number of hydrogen-bond acceptors (Lipinski definition) is 2. The van der Waals surface area contributed by atoms with Gasteiger partial charge in [-0.3, -0.25) is 4.79 Å². The number of rotatable bonds is 3. The highest BCUT2D eigenvalue weighted by molar-refractivity contribution is 5.81. The number of carbonyl (C=O) groups excluding carboxylic acids is 1. The summed E-state index contributed by atoms with van der Waals surface area (Å²) in [6.45, 7) is 5.86. The number of nitrogens with zero attached hydrogens (tertiary/aromatic N) is 1. The van der Waals surface area contributed by atoms with Gasteiger partial charge in [0.05, 0.1) is 6.04 Å². The number of piperidine rings is 1. The Morgan fingerprint density at radius 3 is 2.84 bits per heavy atom. The molecule has 1 aliphatic rings. The highest BCUT2D eigenvalue weighted by Crippen LogP contribution is 2.15. The number of nitrogens with one attached hydrogen (secondary N) is 1. The molecule has 1 N–H and O–H groups in total. The lowest BCUT2D eigenvalue weighted by Crippen LogP contribution is -2.47. The third kappa shape index (κ3) is 3.57. The highest BCUT2D eigenvalue weighted by atomic mass is 16.2. The molecular formula is C16H24N2O. The second-order valence-corrected chi connectivity index (χ2v) is 5.63. The first kappa shape index (κ1) is 14.1. The first-order valence-corrected chi connectivity index (χ1v) is 7.12. The van der Waals surface area contributed by atoms with Gasteiger partial charge >= 0.3 is 0 Å². The van der Waals surface area contributed by atoms with Crippen LogP contribution < -0.4 is 5.32 Å². The summed E-state index contributed by atoms with van der Waals surface area (Å²) in [5.41, 5.74) is 3.74. The van der Waals surface area contributed by atoms with Crippen molar-refractivity contribution in [2.24, 2.45) is 0 Å². The molecular weight excluding hydrogens is 236 g/mol. The summed E-state index contributed by atoms with van der Waals surface area (Å²) in [5.74, 6) is 0.223. The van der Waals surface area contributed by atoms with Gasteiger partial charge in [-0.15, -0.1) is 0 Å². The van der Waals surface area contributed by atoms with E-state index in [9.17, 15) is 4.79 Å². The number of aryl methyl sites for hydroxylation is 2. The molecule has 2 rings (SSSR count).